The zero-order chi connectivity index (χ0) is 9.56. The summed E-state index contributed by atoms with van der Waals surface area (Å²) in [5.41, 5.74) is 1.24. The fourth-order valence-electron chi connectivity index (χ4n) is 0.730. The summed E-state index contributed by atoms with van der Waals surface area (Å²) < 4.78 is 5.04. The number of aliphatic hydroxyl groups is 1. The summed E-state index contributed by atoms with van der Waals surface area (Å²) in [5.74, 6) is -0.0651. The molecule has 3 heteroatoms. The fraction of sp³-hybridized carbons (Fsp3) is 0.667. The maximum absolute atomic E-state index is 8.50. The molecule has 3 nitrogen and oxygen atoms in total. The molecule has 0 spiro atoms. The van der Waals surface area contributed by atoms with Crippen molar-refractivity contribution in [2.24, 2.45) is 0 Å². The van der Waals surface area contributed by atoms with Crippen molar-refractivity contribution in [3.8, 4) is 0 Å². The lowest BCUT2D eigenvalue weighted by molar-refractivity contribution is 0.183. The van der Waals surface area contributed by atoms with Gasteiger partial charge in [0.15, 0.2) is 0 Å². The highest BCUT2D eigenvalue weighted by atomic mass is 16.5. The SMILES string of the molecule is CC(C)=CCC(C)OC(=N)CO. The van der Waals surface area contributed by atoms with Gasteiger partial charge in [0.05, 0.1) is 0 Å². The standard InChI is InChI=1S/C9H17NO2/c1-7(2)4-5-8(3)12-9(10)6-11/h4,8,10-11H,5-6H2,1-3H3. The van der Waals surface area contributed by atoms with Gasteiger partial charge in [-0.1, -0.05) is 11.6 Å². The molecule has 0 saturated heterocycles. The first-order valence-electron chi connectivity index (χ1n) is 4.04. The maximum atomic E-state index is 8.50. The third kappa shape index (κ3) is 5.92. The molecule has 0 radical (unpaired) electrons. The molecule has 0 aliphatic heterocycles. The van der Waals surface area contributed by atoms with Gasteiger partial charge < -0.3 is 9.84 Å². The van der Waals surface area contributed by atoms with E-state index < -0.39 is 0 Å². The predicted octanol–water partition coefficient (Wildman–Crippen LogP) is 1.72. The van der Waals surface area contributed by atoms with E-state index in [1.807, 2.05) is 20.8 Å². The van der Waals surface area contributed by atoms with Gasteiger partial charge in [-0.15, -0.1) is 0 Å². The Balaban J connectivity index is 3.67. The van der Waals surface area contributed by atoms with Crippen molar-refractivity contribution in [3.63, 3.8) is 0 Å². The topological polar surface area (TPSA) is 53.3 Å². The predicted molar refractivity (Wildman–Crippen MR) is 49.4 cm³/mol. The maximum Gasteiger partial charge on any atom is 0.207 e. The van der Waals surface area contributed by atoms with Crippen LogP contribution in [0.3, 0.4) is 0 Å². The van der Waals surface area contributed by atoms with Gasteiger partial charge in [-0.25, -0.2) is 0 Å². The first-order valence-corrected chi connectivity index (χ1v) is 4.04. The van der Waals surface area contributed by atoms with Crippen LogP contribution in [0.1, 0.15) is 27.2 Å². The quantitative estimate of drug-likeness (QED) is 0.384. The van der Waals surface area contributed by atoms with Crippen LogP contribution in [0.5, 0.6) is 0 Å². The van der Waals surface area contributed by atoms with Gasteiger partial charge in [-0.3, -0.25) is 5.41 Å². The molecule has 0 aliphatic rings. The number of allylic oxidation sites excluding steroid dienone is 1. The monoisotopic (exact) mass is 171 g/mol. The molecule has 70 valence electrons. The molecule has 0 aliphatic carbocycles. The third-order valence-electron chi connectivity index (χ3n) is 1.35. The van der Waals surface area contributed by atoms with Crippen LogP contribution < -0.4 is 0 Å². The molecule has 0 saturated carbocycles. The van der Waals surface area contributed by atoms with E-state index in [1.54, 1.807) is 0 Å². The lowest BCUT2D eigenvalue weighted by Gasteiger charge is -2.11. The molecular weight excluding hydrogens is 154 g/mol. The number of hydrogen-bond acceptors (Lipinski definition) is 3. The molecule has 12 heavy (non-hydrogen) atoms. The Morgan fingerprint density at radius 3 is 2.58 bits per heavy atom. The highest BCUT2D eigenvalue weighted by molar-refractivity contribution is 5.73. The van der Waals surface area contributed by atoms with Gasteiger partial charge >= 0.3 is 0 Å². The van der Waals surface area contributed by atoms with E-state index in [2.05, 4.69) is 6.08 Å². The minimum atomic E-state index is -0.320. The van der Waals surface area contributed by atoms with Gasteiger partial charge in [-0.2, -0.15) is 0 Å². The Hall–Kier alpha value is -0.830. The van der Waals surface area contributed by atoms with Gasteiger partial charge in [0, 0.05) is 6.42 Å². The number of aliphatic hydroxyl groups excluding tert-OH is 1. The van der Waals surface area contributed by atoms with Gasteiger partial charge in [0.1, 0.15) is 12.7 Å². The molecule has 0 aromatic rings. The minimum absolute atomic E-state index is 0.0282. The number of hydrogen-bond donors (Lipinski definition) is 2. The van der Waals surface area contributed by atoms with E-state index in [-0.39, 0.29) is 18.6 Å². The molecule has 0 aromatic heterocycles. The lowest BCUT2D eigenvalue weighted by atomic mass is 10.2. The Kier molecular flexibility index (Phi) is 5.37. The van der Waals surface area contributed by atoms with Crippen molar-refractivity contribution in [1.29, 1.82) is 5.41 Å². The van der Waals surface area contributed by atoms with Crippen molar-refractivity contribution >= 4 is 5.90 Å². The van der Waals surface area contributed by atoms with Crippen molar-refractivity contribution in [3.05, 3.63) is 11.6 Å². The van der Waals surface area contributed by atoms with E-state index in [4.69, 9.17) is 15.3 Å². The molecular formula is C9H17NO2. The van der Waals surface area contributed by atoms with Gasteiger partial charge in [-0.05, 0) is 20.8 Å². The Bertz CT molecular complexity index is 171. The van der Waals surface area contributed by atoms with Gasteiger partial charge in [0.25, 0.3) is 0 Å². The lowest BCUT2D eigenvalue weighted by Crippen LogP contribution is -2.16. The molecule has 0 aromatic carbocycles. The smallest absolute Gasteiger partial charge is 0.207 e. The van der Waals surface area contributed by atoms with E-state index >= 15 is 0 Å². The van der Waals surface area contributed by atoms with Crippen LogP contribution in [0.25, 0.3) is 0 Å². The first kappa shape index (κ1) is 11.2. The average molecular weight is 171 g/mol. The summed E-state index contributed by atoms with van der Waals surface area (Å²) >= 11 is 0. The molecule has 1 unspecified atom stereocenters. The zero-order valence-corrected chi connectivity index (χ0v) is 7.92. The summed E-state index contributed by atoms with van der Waals surface area (Å²) in [6, 6.07) is 0. The van der Waals surface area contributed by atoms with Crippen LogP contribution >= 0.6 is 0 Å². The molecule has 0 rings (SSSR count). The van der Waals surface area contributed by atoms with Crippen LogP contribution in [0, 0.1) is 5.41 Å². The van der Waals surface area contributed by atoms with Crippen molar-refractivity contribution in [2.45, 2.75) is 33.3 Å². The molecule has 2 N–H and O–H groups in total. The van der Waals surface area contributed by atoms with E-state index in [1.165, 1.54) is 5.57 Å². The van der Waals surface area contributed by atoms with Crippen LogP contribution in [-0.4, -0.2) is 23.7 Å². The normalized spacial score (nSPS) is 12.0. The highest BCUT2D eigenvalue weighted by Gasteiger charge is 2.02. The summed E-state index contributed by atoms with van der Waals surface area (Å²) in [6.07, 6.45) is 2.81. The van der Waals surface area contributed by atoms with Crippen LogP contribution in [0.15, 0.2) is 11.6 Å². The summed E-state index contributed by atoms with van der Waals surface area (Å²) in [7, 11) is 0. The number of ether oxygens (including phenoxy) is 1. The van der Waals surface area contributed by atoms with E-state index in [9.17, 15) is 0 Å². The largest absolute Gasteiger partial charge is 0.476 e. The summed E-state index contributed by atoms with van der Waals surface area (Å²) in [6.45, 7) is 5.59. The van der Waals surface area contributed by atoms with Gasteiger partial charge in [0.2, 0.25) is 5.90 Å². The van der Waals surface area contributed by atoms with Crippen molar-refractivity contribution in [2.75, 3.05) is 6.61 Å². The summed E-state index contributed by atoms with van der Waals surface area (Å²) in [5, 5.41) is 15.6. The first-order chi connectivity index (χ1) is 5.56. The molecule has 0 bridgehead atoms. The Morgan fingerprint density at radius 1 is 1.58 bits per heavy atom. The van der Waals surface area contributed by atoms with E-state index in [0.29, 0.717) is 0 Å². The molecule has 0 fully saturated rings. The molecule has 0 heterocycles. The molecule has 1 atom stereocenters. The van der Waals surface area contributed by atoms with E-state index in [0.717, 1.165) is 6.42 Å². The summed E-state index contributed by atoms with van der Waals surface area (Å²) in [4.78, 5) is 0. The second-order valence-electron chi connectivity index (χ2n) is 3.03. The second-order valence-corrected chi connectivity index (χ2v) is 3.03. The zero-order valence-electron chi connectivity index (χ0n) is 7.92. The van der Waals surface area contributed by atoms with Crippen molar-refractivity contribution in [1.82, 2.24) is 0 Å². The second kappa shape index (κ2) is 5.77. The fourth-order valence-corrected chi connectivity index (χ4v) is 0.730. The van der Waals surface area contributed by atoms with Crippen LogP contribution in [-0.2, 0) is 4.74 Å². The van der Waals surface area contributed by atoms with Crippen molar-refractivity contribution < 1.29 is 9.84 Å². The minimum Gasteiger partial charge on any atom is -0.476 e. The Morgan fingerprint density at radius 2 is 2.17 bits per heavy atom. The van der Waals surface area contributed by atoms with Crippen LogP contribution in [0.2, 0.25) is 0 Å². The average Bonchev–Trinajstić information content (AvgIpc) is 2.00. The Labute approximate surface area is 73.6 Å². The third-order valence-corrected chi connectivity index (χ3v) is 1.35. The number of nitrogens with one attached hydrogen (secondary N) is 1. The highest BCUT2D eigenvalue weighted by Crippen LogP contribution is 2.02. The number of rotatable bonds is 4. The van der Waals surface area contributed by atoms with Crippen LogP contribution in [0.4, 0.5) is 0 Å². The molecule has 0 amide bonds.